The molecular formula is C16H24FN3O. The number of rotatable bonds is 6. The maximum Gasteiger partial charge on any atom is 0.237 e. The number of carbonyl (C=O) groups is 1. The molecule has 1 saturated heterocycles. The van der Waals surface area contributed by atoms with Crippen LogP contribution >= 0.6 is 0 Å². The first-order valence-corrected chi connectivity index (χ1v) is 7.61. The summed E-state index contributed by atoms with van der Waals surface area (Å²) >= 11 is 0. The second-order valence-corrected chi connectivity index (χ2v) is 5.50. The summed E-state index contributed by atoms with van der Waals surface area (Å²) in [5.41, 5.74) is 1.05. The van der Waals surface area contributed by atoms with Crippen molar-refractivity contribution in [2.24, 2.45) is 0 Å². The first-order chi connectivity index (χ1) is 10.2. The van der Waals surface area contributed by atoms with E-state index in [1.165, 1.54) is 12.1 Å². The van der Waals surface area contributed by atoms with E-state index < -0.39 is 0 Å². The molecule has 21 heavy (non-hydrogen) atoms. The van der Waals surface area contributed by atoms with Crippen LogP contribution in [0.1, 0.15) is 24.8 Å². The summed E-state index contributed by atoms with van der Waals surface area (Å²) in [4.78, 5) is 14.5. The maximum absolute atomic E-state index is 13.0. The second-order valence-electron chi connectivity index (χ2n) is 5.50. The molecule has 4 nitrogen and oxygen atoms in total. The molecule has 0 radical (unpaired) electrons. The van der Waals surface area contributed by atoms with Gasteiger partial charge in [-0.25, -0.2) is 4.39 Å². The minimum Gasteiger partial charge on any atom is -0.353 e. The number of hydrogen-bond acceptors (Lipinski definition) is 3. The lowest BCUT2D eigenvalue weighted by Gasteiger charge is -2.34. The van der Waals surface area contributed by atoms with Gasteiger partial charge in [-0.3, -0.25) is 9.69 Å². The Morgan fingerprint density at radius 3 is 2.76 bits per heavy atom. The molecule has 5 heteroatoms. The molecule has 0 aromatic heterocycles. The van der Waals surface area contributed by atoms with Crippen LogP contribution < -0.4 is 10.6 Å². The zero-order valence-electron chi connectivity index (χ0n) is 12.6. The van der Waals surface area contributed by atoms with Crippen molar-refractivity contribution in [3.8, 4) is 0 Å². The molecule has 0 spiro atoms. The third-order valence-electron chi connectivity index (χ3n) is 3.89. The van der Waals surface area contributed by atoms with Gasteiger partial charge < -0.3 is 10.6 Å². The number of likely N-dealkylation sites (N-methyl/N-ethyl adjacent to an activating group) is 1. The lowest BCUT2D eigenvalue weighted by molar-refractivity contribution is -0.127. The fourth-order valence-corrected chi connectivity index (χ4v) is 2.73. The van der Waals surface area contributed by atoms with Crippen molar-refractivity contribution in [3.05, 3.63) is 35.6 Å². The van der Waals surface area contributed by atoms with Crippen LogP contribution in [0, 0.1) is 5.82 Å². The number of hydrogen-bond donors (Lipinski definition) is 2. The second kappa shape index (κ2) is 8.10. The molecular weight excluding hydrogens is 269 g/mol. The van der Waals surface area contributed by atoms with Crippen LogP contribution in [-0.2, 0) is 11.3 Å². The zero-order valence-corrected chi connectivity index (χ0v) is 12.6. The number of amides is 1. The molecule has 1 amide bonds. The van der Waals surface area contributed by atoms with E-state index in [0.29, 0.717) is 13.1 Å². The molecule has 1 aromatic rings. The van der Waals surface area contributed by atoms with Gasteiger partial charge in [-0.2, -0.15) is 0 Å². The van der Waals surface area contributed by atoms with Crippen LogP contribution in [-0.4, -0.2) is 43.5 Å². The predicted molar refractivity (Wildman–Crippen MR) is 81.4 cm³/mol. The van der Waals surface area contributed by atoms with Crippen LogP contribution in [0.4, 0.5) is 4.39 Å². The first-order valence-electron chi connectivity index (χ1n) is 7.61. The van der Waals surface area contributed by atoms with Crippen LogP contribution in [0.5, 0.6) is 0 Å². The van der Waals surface area contributed by atoms with Crippen molar-refractivity contribution in [2.45, 2.75) is 31.8 Å². The first kappa shape index (κ1) is 15.9. The van der Waals surface area contributed by atoms with E-state index in [0.717, 1.165) is 37.9 Å². The number of carbonyl (C=O) groups excluding carboxylic acids is 1. The van der Waals surface area contributed by atoms with Gasteiger partial charge in [0.05, 0.1) is 6.04 Å². The van der Waals surface area contributed by atoms with Crippen molar-refractivity contribution in [1.82, 2.24) is 15.5 Å². The highest BCUT2D eigenvalue weighted by atomic mass is 19.1. The molecule has 1 unspecified atom stereocenters. The monoisotopic (exact) mass is 293 g/mol. The van der Waals surface area contributed by atoms with Gasteiger partial charge in [0, 0.05) is 19.6 Å². The number of benzene rings is 1. The van der Waals surface area contributed by atoms with Gasteiger partial charge in [-0.05, 0) is 44.1 Å². The Bertz CT molecular complexity index is 449. The Labute approximate surface area is 125 Å². The summed E-state index contributed by atoms with van der Waals surface area (Å²) in [7, 11) is 1.87. The predicted octanol–water partition coefficient (Wildman–Crippen LogP) is 1.52. The average Bonchev–Trinajstić information content (AvgIpc) is 2.50. The van der Waals surface area contributed by atoms with E-state index in [1.54, 1.807) is 12.1 Å². The van der Waals surface area contributed by atoms with Crippen molar-refractivity contribution >= 4 is 5.91 Å². The molecule has 1 aromatic carbocycles. The summed E-state index contributed by atoms with van der Waals surface area (Å²) in [6, 6.07) is 6.46. The third-order valence-corrected chi connectivity index (χ3v) is 3.89. The van der Waals surface area contributed by atoms with E-state index in [4.69, 9.17) is 0 Å². The molecule has 2 N–H and O–H groups in total. The highest BCUT2D eigenvalue weighted by molar-refractivity contribution is 5.81. The van der Waals surface area contributed by atoms with E-state index in [1.807, 2.05) is 7.05 Å². The third kappa shape index (κ3) is 4.79. The zero-order chi connectivity index (χ0) is 15.1. The minimum absolute atomic E-state index is 0.0688. The normalized spacial score (nSPS) is 19.4. The Hall–Kier alpha value is -1.46. The van der Waals surface area contributed by atoms with Gasteiger partial charge in [0.15, 0.2) is 0 Å². The van der Waals surface area contributed by atoms with Crippen molar-refractivity contribution in [2.75, 3.05) is 26.7 Å². The molecule has 1 atom stereocenters. The smallest absolute Gasteiger partial charge is 0.237 e. The van der Waals surface area contributed by atoms with Crippen LogP contribution in [0.2, 0.25) is 0 Å². The molecule has 1 aliphatic heterocycles. The Morgan fingerprint density at radius 1 is 1.29 bits per heavy atom. The van der Waals surface area contributed by atoms with Gasteiger partial charge in [0.25, 0.3) is 0 Å². The summed E-state index contributed by atoms with van der Waals surface area (Å²) in [5.74, 6) is -0.120. The Kier molecular flexibility index (Phi) is 6.14. The average molecular weight is 293 g/mol. The number of halogens is 1. The van der Waals surface area contributed by atoms with E-state index in [-0.39, 0.29) is 17.8 Å². The van der Waals surface area contributed by atoms with E-state index in [2.05, 4.69) is 15.5 Å². The van der Waals surface area contributed by atoms with Crippen molar-refractivity contribution < 1.29 is 9.18 Å². The number of piperidine rings is 1. The van der Waals surface area contributed by atoms with Crippen molar-refractivity contribution in [3.63, 3.8) is 0 Å². The highest BCUT2D eigenvalue weighted by Gasteiger charge is 2.28. The molecule has 1 heterocycles. The number of nitrogens with zero attached hydrogens (tertiary/aromatic N) is 1. The van der Waals surface area contributed by atoms with Gasteiger partial charge in [0.2, 0.25) is 5.91 Å². The van der Waals surface area contributed by atoms with Gasteiger partial charge >= 0.3 is 0 Å². The summed E-state index contributed by atoms with van der Waals surface area (Å²) in [6.07, 6.45) is 3.10. The van der Waals surface area contributed by atoms with E-state index in [9.17, 15) is 9.18 Å². The lowest BCUT2D eigenvalue weighted by Crippen LogP contribution is -2.49. The summed E-state index contributed by atoms with van der Waals surface area (Å²) < 4.78 is 13.0. The van der Waals surface area contributed by atoms with Gasteiger partial charge in [-0.15, -0.1) is 0 Å². The van der Waals surface area contributed by atoms with E-state index >= 15 is 0 Å². The van der Waals surface area contributed by atoms with Crippen LogP contribution in [0.15, 0.2) is 24.3 Å². The minimum atomic E-state index is -0.223. The SMILES string of the molecule is CNCCNC(=O)C1CCCCN1Cc1ccc(F)cc1. The number of nitrogens with one attached hydrogen (secondary N) is 2. The molecule has 0 aliphatic carbocycles. The van der Waals surface area contributed by atoms with Crippen LogP contribution in [0.3, 0.4) is 0 Å². The maximum atomic E-state index is 13.0. The molecule has 1 aliphatic rings. The van der Waals surface area contributed by atoms with Gasteiger partial charge in [-0.1, -0.05) is 18.6 Å². The molecule has 116 valence electrons. The Morgan fingerprint density at radius 2 is 2.05 bits per heavy atom. The largest absolute Gasteiger partial charge is 0.353 e. The quantitative estimate of drug-likeness (QED) is 0.782. The summed E-state index contributed by atoms with van der Waals surface area (Å²) in [5, 5.41) is 5.99. The topological polar surface area (TPSA) is 44.4 Å². The molecule has 1 fully saturated rings. The fourth-order valence-electron chi connectivity index (χ4n) is 2.73. The fraction of sp³-hybridized carbons (Fsp3) is 0.562. The molecule has 0 saturated carbocycles. The Balaban J connectivity index is 1.94. The molecule has 2 rings (SSSR count). The lowest BCUT2D eigenvalue weighted by atomic mass is 10.0. The van der Waals surface area contributed by atoms with Crippen molar-refractivity contribution in [1.29, 1.82) is 0 Å². The highest BCUT2D eigenvalue weighted by Crippen LogP contribution is 2.20. The molecule has 0 bridgehead atoms. The summed E-state index contributed by atoms with van der Waals surface area (Å²) in [6.45, 7) is 3.04. The standard InChI is InChI=1S/C16H24FN3O/c1-18-9-10-19-16(21)15-4-2-3-11-20(15)12-13-5-7-14(17)8-6-13/h5-8,15,18H,2-4,9-12H2,1H3,(H,19,21). The van der Waals surface area contributed by atoms with Crippen LogP contribution in [0.25, 0.3) is 0 Å². The number of likely N-dealkylation sites (tertiary alicyclic amines) is 1. The van der Waals surface area contributed by atoms with Gasteiger partial charge in [0.1, 0.15) is 5.82 Å².